The SMILES string of the molecule is O=C(CCNC(=O)c1ccc(-c2ccc(O)c(C(=O)O)c2)s1)Nc1nc(-c2ccccc2)cs1. The molecule has 2 heterocycles. The van der Waals surface area contributed by atoms with Crippen molar-refractivity contribution in [1.29, 1.82) is 0 Å². The Kier molecular flexibility index (Phi) is 7.00. The van der Waals surface area contributed by atoms with Gasteiger partial charge in [0.15, 0.2) is 5.13 Å². The molecule has 0 aliphatic rings. The van der Waals surface area contributed by atoms with Gasteiger partial charge in [0.2, 0.25) is 5.91 Å². The molecule has 0 atom stereocenters. The molecule has 172 valence electrons. The lowest BCUT2D eigenvalue weighted by atomic mass is 10.1. The molecule has 0 aliphatic carbocycles. The van der Waals surface area contributed by atoms with Crippen LogP contribution in [-0.2, 0) is 4.79 Å². The monoisotopic (exact) mass is 493 g/mol. The Morgan fingerprint density at radius 2 is 1.76 bits per heavy atom. The maximum absolute atomic E-state index is 12.4. The van der Waals surface area contributed by atoms with Crippen molar-refractivity contribution in [2.24, 2.45) is 0 Å². The highest BCUT2D eigenvalue weighted by Crippen LogP contribution is 2.31. The Morgan fingerprint density at radius 1 is 0.971 bits per heavy atom. The molecule has 4 aromatic rings. The van der Waals surface area contributed by atoms with E-state index in [0.29, 0.717) is 20.4 Å². The van der Waals surface area contributed by atoms with Crippen LogP contribution in [0.15, 0.2) is 66.0 Å². The van der Waals surface area contributed by atoms with Crippen molar-refractivity contribution in [2.75, 3.05) is 11.9 Å². The van der Waals surface area contributed by atoms with Gasteiger partial charge < -0.3 is 20.8 Å². The summed E-state index contributed by atoms with van der Waals surface area (Å²) in [4.78, 5) is 41.4. The van der Waals surface area contributed by atoms with Crippen LogP contribution in [0.2, 0.25) is 0 Å². The molecule has 34 heavy (non-hydrogen) atoms. The first-order valence-corrected chi connectivity index (χ1v) is 11.9. The molecule has 2 aromatic heterocycles. The molecule has 0 saturated heterocycles. The second-order valence-corrected chi connectivity index (χ2v) is 9.10. The van der Waals surface area contributed by atoms with Crippen LogP contribution < -0.4 is 10.6 Å². The van der Waals surface area contributed by atoms with E-state index in [1.165, 1.54) is 34.8 Å². The fraction of sp³-hybridized carbons (Fsp3) is 0.0833. The van der Waals surface area contributed by atoms with Crippen molar-refractivity contribution >= 4 is 45.6 Å². The summed E-state index contributed by atoms with van der Waals surface area (Å²) in [7, 11) is 0. The maximum Gasteiger partial charge on any atom is 0.339 e. The smallest absolute Gasteiger partial charge is 0.339 e. The van der Waals surface area contributed by atoms with Gasteiger partial charge in [-0.1, -0.05) is 30.3 Å². The number of benzene rings is 2. The summed E-state index contributed by atoms with van der Waals surface area (Å²) in [6, 6.07) is 17.2. The fourth-order valence-electron chi connectivity index (χ4n) is 3.11. The highest BCUT2D eigenvalue weighted by Gasteiger charge is 2.15. The first-order valence-electron chi connectivity index (χ1n) is 10.2. The first-order chi connectivity index (χ1) is 16.4. The lowest BCUT2D eigenvalue weighted by Crippen LogP contribution is -2.27. The van der Waals surface area contributed by atoms with Crippen molar-refractivity contribution in [2.45, 2.75) is 6.42 Å². The Hall–Kier alpha value is -4.02. The van der Waals surface area contributed by atoms with Gasteiger partial charge in [0, 0.05) is 28.8 Å². The van der Waals surface area contributed by atoms with Gasteiger partial charge in [-0.15, -0.1) is 22.7 Å². The molecule has 4 N–H and O–H groups in total. The molecule has 2 amide bonds. The summed E-state index contributed by atoms with van der Waals surface area (Å²) in [5.41, 5.74) is 2.12. The number of carboxylic acid groups (broad SMARTS) is 1. The van der Waals surface area contributed by atoms with Crippen molar-refractivity contribution in [3.8, 4) is 27.4 Å². The number of aromatic carboxylic acids is 1. The van der Waals surface area contributed by atoms with E-state index in [1.807, 2.05) is 35.7 Å². The Labute approximate surface area is 202 Å². The van der Waals surface area contributed by atoms with E-state index in [-0.39, 0.29) is 36.1 Å². The Balaban J connectivity index is 1.29. The van der Waals surface area contributed by atoms with E-state index in [0.717, 1.165) is 11.3 Å². The summed E-state index contributed by atoms with van der Waals surface area (Å²) in [5.74, 6) is -2.15. The normalized spacial score (nSPS) is 10.6. The summed E-state index contributed by atoms with van der Waals surface area (Å²) in [6.45, 7) is 0.150. The summed E-state index contributed by atoms with van der Waals surface area (Å²) < 4.78 is 0. The highest BCUT2D eigenvalue weighted by molar-refractivity contribution is 7.17. The van der Waals surface area contributed by atoms with Crippen molar-refractivity contribution < 1.29 is 24.6 Å². The molecular weight excluding hydrogens is 474 g/mol. The van der Waals surface area contributed by atoms with E-state index in [1.54, 1.807) is 18.2 Å². The second-order valence-electron chi connectivity index (χ2n) is 7.16. The first kappa shape index (κ1) is 23.1. The zero-order valence-corrected chi connectivity index (χ0v) is 19.3. The third-order valence-corrected chi connectivity index (χ3v) is 6.69. The quantitative estimate of drug-likeness (QED) is 0.282. The van der Waals surface area contributed by atoms with Crippen LogP contribution in [0.3, 0.4) is 0 Å². The number of aromatic nitrogens is 1. The van der Waals surface area contributed by atoms with Gasteiger partial charge in [-0.05, 0) is 35.9 Å². The number of carbonyl (C=O) groups excluding carboxylic acids is 2. The van der Waals surface area contributed by atoms with Gasteiger partial charge >= 0.3 is 5.97 Å². The van der Waals surface area contributed by atoms with Crippen molar-refractivity contribution in [3.05, 3.63) is 76.5 Å². The van der Waals surface area contributed by atoms with Gasteiger partial charge in [0.25, 0.3) is 5.91 Å². The Bertz CT molecular complexity index is 1350. The zero-order valence-electron chi connectivity index (χ0n) is 17.6. The minimum atomic E-state index is -1.24. The fourth-order valence-corrected chi connectivity index (χ4v) is 4.76. The molecule has 0 radical (unpaired) electrons. The number of nitrogens with one attached hydrogen (secondary N) is 2. The number of thiophene rings is 1. The van der Waals surface area contributed by atoms with Crippen LogP contribution in [0.1, 0.15) is 26.5 Å². The number of hydrogen-bond donors (Lipinski definition) is 4. The van der Waals surface area contributed by atoms with Gasteiger partial charge in [-0.2, -0.15) is 0 Å². The number of anilines is 1. The second kappa shape index (κ2) is 10.3. The third kappa shape index (κ3) is 5.48. The van der Waals surface area contributed by atoms with E-state index in [4.69, 9.17) is 5.11 Å². The molecule has 0 aliphatic heterocycles. The molecule has 0 spiro atoms. The van der Waals surface area contributed by atoms with Gasteiger partial charge in [-0.3, -0.25) is 9.59 Å². The number of amides is 2. The molecule has 4 rings (SSSR count). The minimum absolute atomic E-state index is 0.0875. The summed E-state index contributed by atoms with van der Waals surface area (Å²) in [5, 5.41) is 26.6. The Morgan fingerprint density at radius 3 is 2.53 bits per heavy atom. The van der Waals surface area contributed by atoms with Gasteiger partial charge in [0.1, 0.15) is 11.3 Å². The number of aromatic hydroxyl groups is 1. The maximum atomic E-state index is 12.4. The summed E-state index contributed by atoms with van der Waals surface area (Å²) in [6.07, 6.45) is 0.0875. The average Bonchev–Trinajstić information content (AvgIpc) is 3.50. The average molecular weight is 494 g/mol. The number of rotatable bonds is 8. The number of thiazole rings is 1. The topological polar surface area (TPSA) is 129 Å². The third-order valence-electron chi connectivity index (χ3n) is 4.80. The lowest BCUT2D eigenvalue weighted by molar-refractivity contribution is -0.116. The molecular formula is C24H19N3O5S2. The molecule has 10 heteroatoms. The molecule has 0 bridgehead atoms. The number of nitrogens with zero attached hydrogens (tertiary/aromatic N) is 1. The highest BCUT2D eigenvalue weighted by atomic mass is 32.1. The minimum Gasteiger partial charge on any atom is -0.507 e. The number of carboxylic acids is 1. The number of hydrogen-bond acceptors (Lipinski definition) is 7. The molecule has 8 nitrogen and oxygen atoms in total. The largest absolute Gasteiger partial charge is 0.507 e. The van der Waals surface area contributed by atoms with Gasteiger partial charge in [-0.25, -0.2) is 9.78 Å². The van der Waals surface area contributed by atoms with Crippen LogP contribution in [0.5, 0.6) is 5.75 Å². The van der Waals surface area contributed by atoms with Crippen LogP contribution in [0.25, 0.3) is 21.7 Å². The van der Waals surface area contributed by atoms with Crippen molar-refractivity contribution in [3.63, 3.8) is 0 Å². The summed E-state index contributed by atoms with van der Waals surface area (Å²) >= 11 is 2.52. The van der Waals surface area contributed by atoms with Gasteiger partial charge in [0.05, 0.1) is 10.6 Å². The molecule has 2 aromatic carbocycles. The van der Waals surface area contributed by atoms with E-state index in [2.05, 4.69) is 15.6 Å². The van der Waals surface area contributed by atoms with Crippen LogP contribution >= 0.6 is 22.7 Å². The molecule has 0 fully saturated rings. The lowest BCUT2D eigenvalue weighted by Gasteiger charge is -2.04. The predicted molar refractivity (Wildman–Crippen MR) is 132 cm³/mol. The van der Waals surface area contributed by atoms with Crippen LogP contribution in [0.4, 0.5) is 5.13 Å². The van der Waals surface area contributed by atoms with Crippen LogP contribution in [-0.4, -0.2) is 39.5 Å². The van der Waals surface area contributed by atoms with Crippen molar-refractivity contribution in [1.82, 2.24) is 10.3 Å². The zero-order chi connectivity index (χ0) is 24.1. The molecule has 0 saturated carbocycles. The number of phenols is 1. The van der Waals surface area contributed by atoms with E-state index < -0.39 is 5.97 Å². The standard InChI is InChI=1S/C24H19N3O5S2/c28-18-7-6-15(12-16(18)23(31)32)19-8-9-20(34-19)22(30)25-11-10-21(29)27-24-26-17(13-33-24)14-4-2-1-3-5-14/h1-9,12-13,28H,10-11H2,(H,25,30)(H,31,32)(H,26,27,29). The molecule has 0 unspecified atom stereocenters. The number of carbonyl (C=O) groups is 3. The van der Waals surface area contributed by atoms with Crippen LogP contribution in [0, 0.1) is 0 Å². The van der Waals surface area contributed by atoms with E-state index in [9.17, 15) is 19.5 Å². The predicted octanol–water partition coefficient (Wildman–Crippen LogP) is 4.70. The van der Waals surface area contributed by atoms with E-state index >= 15 is 0 Å².